The molecule has 2 saturated heterocycles. The van der Waals surface area contributed by atoms with Crippen LogP contribution in [0.15, 0.2) is 48.5 Å². The third kappa shape index (κ3) is 5.27. The molecule has 2 fully saturated rings. The number of amides is 2. The van der Waals surface area contributed by atoms with Gasteiger partial charge in [-0.05, 0) is 29.7 Å². The summed E-state index contributed by atoms with van der Waals surface area (Å²) in [5, 5.41) is 5.25. The molecule has 162 valence electrons. The lowest BCUT2D eigenvalue weighted by molar-refractivity contribution is -0.147. The first kappa shape index (κ1) is 21.0. The molecule has 31 heavy (non-hydrogen) atoms. The number of likely N-dealkylation sites (tertiary alicyclic amines) is 1. The Hall–Kier alpha value is -3.26. The lowest BCUT2D eigenvalue weighted by Gasteiger charge is -2.39. The highest BCUT2D eigenvalue weighted by Gasteiger charge is 2.32. The molecule has 0 aromatic heterocycles. The van der Waals surface area contributed by atoms with Crippen LogP contribution in [0.5, 0.6) is 0 Å². The van der Waals surface area contributed by atoms with Crippen LogP contribution in [0.25, 0.3) is 0 Å². The van der Waals surface area contributed by atoms with E-state index in [9.17, 15) is 18.8 Å². The van der Waals surface area contributed by atoms with E-state index in [0.717, 1.165) is 5.56 Å². The van der Waals surface area contributed by atoms with E-state index in [1.807, 2.05) is 35.2 Å². The van der Waals surface area contributed by atoms with Crippen LogP contribution in [0.1, 0.15) is 29.9 Å². The zero-order valence-electron chi connectivity index (χ0n) is 17.0. The lowest BCUT2D eigenvalue weighted by Crippen LogP contribution is -2.48. The van der Waals surface area contributed by atoms with Gasteiger partial charge in [0.05, 0.1) is 6.54 Å². The molecule has 2 aromatic rings. The van der Waals surface area contributed by atoms with Gasteiger partial charge in [-0.1, -0.05) is 36.4 Å². The molecular weight excluding hydrogens is 401 g/mol. The van der Waals surface area contributed by atoms with Gasteiger partial charge in [0.1, 0.15) is 18.5 Å². The minimum atomic E-state index is -0.552. The van der Waals surface area contributed by atoms with Gasteiger partial charge in [-0.15, -0.1) is 0 Å². The topological polar surface area (TPSA) is 87.7 Å². The minimum Gasteiger partial charge on any atom is -0.460 e. The predicted octanol–water partition coefficient (Wildman–Crippen LogP) is 2.19. The molecule has 0 bridgehead atoms. The van der Waals surface area contributed by atoms with E-state index in [4.69, 9.17) is 4.74 Å². The van der Waals surface area contributed by atoms with Crippen LogP contribution < -0.4 is 10.6 Å². The minimum absolute atomic E-state index is 0.00609. The molecule has 0 spiro atoms. The van der Waals surface area contributed by atoms with Crippen molar-refractivity contribution in [3.63, 3.8) is 0 Å². The Morgan fingerprint density at radius 2 is 1.94 bits per heavy atom. The SMILES string of the molecule is O=C1CCC(Nc2ccc(C3CN(CC(=O)OCc4ccccc4)C3)c(F)c2)C(=O)N1. The van der Waals surface area contributed by atoms with Gasteiger partial charge in [0.25, 0.3) is 0 Å². The van der Waals surface area contributed by atoms with Crippen molar-refractivity contribution in [2.75, 3.05) is 25.0 Å². The summed E-state index contributed by atoms with van der Waals surface area (Å²) in [6.45, 7) is 1.59. The number of esters is 1. The maximum atomic E-state index is 14.6. The molecule has 0 saturated carbocycles. The highest BCUT2D eigenvalue weighted by atomic mass is 19.1. The van der Waals surface area contributed by atoms with Crippen molar-refractivity contribution < 1.29 is 23.5 Å². The largest absolute Gasteiger partial charge is 0.460 e. The standard InChI is InChI=1S/C23H24FN3O4/c24-19-10-17(25-20-8-9-21(28)26-23(20)30)6-7-18(19)16-11-27(12-16)13-22(29)31-14-15-4-2-1-3-5-15/h1-7,10,16,20,25H,8-9,11-14H2,(H,26,28,30). The van der Waals surface area contributed by atoms with E-state index in [0.29, 0.717) is 30.8 Å². The molecule has 2 aromatic carbocycles. The molecule has 4 rings (SSSR count). The first-order chi connectivity index (χ1) is 15.0. The zero-order chi connectivity index (χ0) is 21.8. The molecule has 2 N–H and O–H groups in total. The Labute approximate surface area is 179 Å². The Balaban J connectivity index is 1.24. The molecule has 0 aliphatic carbocycles. The molecule has 1 atom stereocenters. The predicted molar refractivity (Wildman–Crippen MR) is 112 cm³/mol. The van der Waals surface area contributed by atoms with Crippen LogP contribution in [0.2, 0.25) is 0 Å². The molecular formula is C23H24FN3O4. The average Bonchev–Trinajstić information content (AvgIpc) is 2.72. The van der Waals surface area contributed by atoms with E-state index >= 15 is 0 Å². The summed E-state index contributed by atoms with van der Waals surface area (Å²) < 4.78 is 19.9. The molecule has 2 amide bonds. The smallest absolute Gasteiger partial charge is 0.320 e. The number of nitrogens with zero attached hydrogens (tertiary/aromatic N) is 1. The molecule has 2 aliphatic rings. The molecule has 0 radical (unpaired) electrons. The Bertz CT molecular complexity index is 976. The van der Waals surface area contributed by atoms with Crippen molar-refractivity contribution in [1.29, 1.82) is 0 Å². The second-order valence-corrected chi connectivity index (χ2v) is 7.92. The van der Waals surface area contributed by atoms with E-state index in [1.165, 1.54) is 6.07 Å². The maximum absolute atomic E-state index is 14.6. The quantitative estimate of drug-likeness (QED) is 0.522. The van der Waals surface area contributed by atoms with Gasteiger partial charge in [-0.2, -0.15) is 0 Å². The average molecular weight is 425 g/mol. The Morgan fingerprint density at radius 3 is 2.65 bits per heavy atom. The van der Waals surface area contributed by atoms with E-state index in [1.54, 1.807) is 12.1 Å². The monoisotopic (exact) mass is 425 g/mol. The number of anilines is 1. The summed E-state index contributed by atoms with van der Waals surface area (Å²) in [7, 11) is 0. The van der Waals surface area contributed by atoms with Crippen molar-refractivity contribution in [2.24, 2.45) is 0 Å². The van der Waals surface area contributed by atoms with Crippen LogP contribution in [0.4, 0.5) is 10.1 Å². The number of ether oxygens (including phenoxy) is 1. The van der Waals surface area contributed by atoms with Crippen LogP contribution in [0.3, 0.4) is 0 Å². The maximum Gasteiger partial charge on any atom is 0.320 e. The van der Waals surface area contributed by atoms with Crippen LogP contribution >= 0.6 is 0 Å². The van der Waals surface area contributed by atoms with Gasteiger partial charge in [0.2, 0.25) is 11.8 Å². The number of hydrogen-bond donors (Lipinski definition) is 2. The van der Waals surface area contributed by atoms with Gasteiger partial charge < -0.3 is 10.1 Å². The first-order valence-corrected chi connectivity index (χ1v) is 10.3. The fraction of sp³-hybridized carbons (Fsp3) is 0.348. The van der Waals surface area contributed by atoms with Crippen molar-refractivity contribution in [3.8, 4) is 0 Å². The molecule has 8 heteroatoms. The summed E-state index contributed by atoms with van der Waals surface area (Å²) in [5.41, 5.74) is 2.02. The number of carbonyl (C=O) groups is 3. The molecule has 1 unspecified atom stereocenters. The van der Waals surface area contributed by atoms with Crippen LogP contribution in [0, 0.1) is 5.82 Å². The van der Waals surface area contributed by atoms with E-state index in [-0.39, 0.29) is 43.2 Å². The summed E-state index contributed by atoms with van der Waals surface area (Å²) in [4.78, 5) is 37.0. The number of rotatable bonds is 7. The fourth-order valence-electron chi connectivity index (χ4n) is 3.84. The molecule has 7 nitrogen and oxygen atoms in total. The summed E-state index contributed by atoms with van der Waals surface area (Å²) >= 11 is 0. The molecule has 2 heterocycles. The number of halogens is 1. The second kappa shape index (κ2) is 9.26. The highest BCUT2D eigenvalue weighted by molar-refractivity contribution is 6.01. The van der Waals surface area contributed by atoms with Gasteiger partial charge in [0.15, 0.2) is 0 Å². The van der Waals surface area contributed by atoms with Crippen molar-refractivity contribution in [3.05, 3.63) is 65.5 Å². The van der Waals surface area contributed by atoms with E-state index < -0.39 is 11.9 Å². The van der Waals surface area contributed by atoms with Crippen molar-refractivity contribution in [2.45, 2.75) is 31.4 Å². The summed E-state index contributed by atoms with van der Waals surface area (Å²) in [5.74, 6) is -1.33. The third-order valence-electron chi connectivity index (χ3n) is 5.57. The Morgan fingerprint density at radius 1 is 1.16 bits per heavy atom. The third-order valence-corrected chi connectivity index (χ3v) is 5.57. The van der Waals surface area contributed by atoms with Gasteiger partial charge in [-0.3, -0.25) is 24.6 Å². The number of nitrogens with one attached hydrogen (secondary N) is 2. The zero-order valence-corrected chi connectivity index (χ0v) is 17.0. The number of piperidine rings is 1. The van der Waals surface area contributed by atoms with Gasteiger partial charge >= 0.3 is 5.97 Å². The van der Waals surface area contributed by atoms with E-state index in [2.05, 4.69) is 10.6 Å². The normalized spacial score (nSPS) is 19.5. The van der Waals surface area contributed by atoms with Crippen LogP contribution in [-0.4, -0.2) is 48.4 Å². The Kier molecular flexibility index (Phi) is 6.27. The fourth-order valence-corrected chi connectivity index (χ4v) is 3.84. The number of benzene rings is 2. The van der Waals surface area contributed by atoms with Gasteiger partial charge in [0, 0.05) is 31.1 Å². The summed E-state index contributed by atoms with van der Waals surface area (Å²) in [6, 6.07) is 13.7. The lowest BCUT2D eigenvalue weighted by atomic mass is 9.91. The molecule has 2 aliphatic heterocycles. The van der Waals surface area contributed by atoms with Crippen molar-refractivity contribution >= 4 is 23.5 Å². The van der Waals surface area contributed by atoms with Gasteiger partial charge in [-0.25, -0.2) is 4.39 Å². The number of imide groups is 1. The number of hydrogen-bond acceptors (Lipinski definition) is 6. The summed E-state index contributed by atoms with van der Waals surface area (Å²) in [6.07, 6.45) is 0.641. The number of carbonyl (C=O) groups excluding carboxylic acids is 3. The van der Waals surface area contributed by atoms with Crippen LogP contribution in [-0.2, 0) is 25.7 Å². The first-order valence-electron chi connectivity index (χ1n) is 10.3. The highest BCUT2D eigenvalue weighted by Crippen LogP contribution is 2.30. The van der Waals surface area contributed by atoms with Crippen molar-refractivity contribution in [1.82, 2.24) is 10.2 Å². The second-order valence-electron chi connectivity index (χ2n) is 7.92.